The molecule has 0 saturated heterocycles. The number of aryl methyl sites for hydroxylation is 1. The van der Waals surface area contributed by atoms with E-state index in [1.807, 2.05) is 25.1 Å². The molecule has 0 saturated carbocycles. The molecule has 4 N–H and O–H groups in total. The van der Waals surface area contributed by atoms with Gasteiger partial charge in [-0.25, -0.2) is 0 Å². The molecule has 2 unspecified atom stereocenters. The fourth-order valence-corrected chi connectivity index (χ4v) is 2.21. The molecule has 0 fully saturated rings. The van der Waals surface area contributed by atoms with E-state index in [1.54, 1.807) is 13.8 Å². The molecule has 5 nitrogen and oxygen atoms in total. The van der Waals surface area contributed by atoms with Gasteiger partial charge in [0.25, 0.3) is 0 Å². The molecule has 110 valence electrons. The van der Waals surface area contributed by atoms with Gasteiger partial charge in [0.2, 0.25) is 5.91 Å². The molecular formula is C15H22N2O3. The van der Waals surface area contributed by atoms with Crippen molar-refractivity contribution in [3.63, 3.8) is 0 Å². The van der Waals surface area contributed by atoms with E-state index in [0.717, 1.165) is 5.56 Å². The minimum atomic E-state index is -0.970. The number of amides is 1. The van der Waals surface area contributed by atoms with E-state index >= 15 is 0 Å². The number of nitrogens with one attached hydrogen (secondary N) is 1. The first-order valence-corrected chi connectivity index (χ1v) is 6.80. The molecule has 1 aromatic rings. The number of nitrogens with two attached hydrogens (primary N) is 1. The summed E-state index contributed by atoms with van der Waals surface area (Å²) in [6.07, 6.45) is -0.254. The monoisotopic (exact) mass is 278 g/mol. The Labute approximate surface area is 119 Å². The molecule has 5 heteroatoms. The second-order valence-electron chi connectivity index (χ2n) is 5.92. The number of hydrogen-bond donors (Lipinski definition) is 3. The van der Waals surface area contributed by atoms with Crippen LogP contribution in [0.15, 0.2) is 18.2 Å². The van der Waals surface area contributed by atoms with Gasteiger partial charge in [0.15, 0.2) is 0 Å². The Balaban J connectivity index is 2.23. The van der Waals surface area contributed by atoms with Crippen molar-refractivity contribution in [2.75, 3.05) is 6.61 Å². The molecule has 0 aromatic heterocycles. The Bertz CT molecular complexity index is 508. The van der Waals surface area contributed by atoms with Gasteiger partial charge in [-0.2, -0.15) is 0 Å². The Kier molecular flexibility index (Phi) is 4.01. The second-order valence-corrected chi connectivity index (χ2v) is 5.92. The van der Waals surface area contributed by atoms with Gasteiger partial charge in [-0.1, -0.05) is 11.6 Å². The Morgan fingerprint density at radius 1 is 1.50 bits per heavy atom. The summed E-state index contributed by atoms with van der Waals surface area (Å²) in [7, 11) is 0. The summed E-state index contributed by atoms with van der Waals surface area (Å²) in [6, 6.07) is 5.28. The first-order chi connectivity index (χ1) is 9.29. The molecule has 1 amide bonds. The number of aliphatic hydroxyl groups is 1. The summed E-state index contributed by atoms with van der Waals surface area (Å²) in [6.45, 7) is 5.68. The molecule has 1 heterocycles. The second kappa shape index (κ2) is 5.42. The van der Waals surface area contributed by atoms with Crippen molar-refractivity contribution in [1.82, 2.24) is 5.32 Å². The zero-order chi connectivity index (χ0) is 14.9. The molecule has 1 aliphatic rings. The van der Waals surface area contributed by atoms with Crippen molar-refractivity contribution < 1.29 is 14.6 Å². The van der Waals surface area contributed by atoms with Gasteiger partial charge < -0.3 is 20.9 Å². The number of ether oxygens (including phenoxy) is 1. The standard InChI is InChI=1S/C15H22N2O3/c1-9-4-5-12-10(8-9)13(18)11(6-7-20-12)17-14(19)15(2,3)16/h4-5,8,11,13,18H,6-7,16H2,1-3H3,(H,17,19). The lowest BCUT2D eigenvalue weighted by atomic mass is 9.97. The lowest BCUT2D eigenvalue weighted by Gasteiger charge is -2.26. The van der Waals surface area contributed by atoms with Crippen LogP contribution in [0.4, 0.5) is 0 Å². The predicted octanol–water partition coefficient (Wildman–Crippen LogP) is 1.03. The SMILES string of the molecule is Cc1ccc2c(c1)C(O)C(NC(=O)C(C)(C)N)CCO2. The summed E-state index contributed by atoms with van der Waals surface area (Å²) >= 11 is 0. The van der Waals surface area contributed by atoms with Crippen molar-refractivity contribution in [2.24, 2.45) is 5.73 Å². The lowest BCUT2D eigenvalue weighted by Crippen LogP contribution is -2.53. The van der Waals surface area contributed by atoms with Crippen LogP contribution in [0.1, 0.15) is 37.5 Å². The number of aliphatic hydroxyl groups excluding tert-OH is 1. The highest BCUT2D eigenvalue weighted by atomic mass is 16.5. The number of fused-ring (bicyclic) bond motifs is 1. The maximum absolute atomic E-state index is 12.0. The summed E-state index contributed by atoms with van der Waals surface area (Å²) in [5.74, 6) is 0.393. The molecule has 20 heavy (non-hydrogen) atoms. The first-order valence-electron chi connectivity index (χ1n) is 6.80. The fraction of sp³-hybridized carbons (Fsp3) is 0.533. The van der Waals surface area contributed by atoms with Crippen LogP contribution in [0.25, 0.3) is 0 Å². The van der Waals surface area contributed by atoms with Crippen LogP contribution in [0, 0.1) is 6.92 Å². The molecule has 0 radical (unpaired) electrons. The maximum atomic E-state index is 12.0. The van der Waals surface area contributed by atoms with Crippen LogP contribution in [0.3, 0.4) is 0 Å². The zero-order valence-corrected chi connectivity index (χ0v) is 12.1. The highest BCUT2D eigenvalue weighted by Crippen LogP contribution is 2.32. The molecule has 2 rings (SSSR count). The molecule has 0 spiro atoms. The largest absolute Gasteiger partial charge is 0.493 e. The van der Waals surface area contributed by atoms with Crippen molar-refractivity contribution in [2.45, 2.75) is 44.9 Å². The maximum Gasteiger partial charge on any atom is 0.239 e. The summed E-state index contributed by atoms with van der Waals surface area (Å²) in [5, 5.41) is 13.3. The molecule has 0 bridgehead atoms. The van der Waals surface area contributed by atoms with E-state index < -0.39 is 17.7 Å². The average Bonchev–Trinajstić information content (AvgIpc) is 2.50. The number of carbonyl (C=O) groups is 1. The number of benzene rings is 1. The Morgan fingerprint density at radius 3 is 2.85 bits per heavy atom. The van der Waals surface area contributed by atoms with Crippen LogP contribution < -0.4 is 15.8 Å². The topological polar surface area (TPSA) is 84.6 Å². The number of hydrogen-bond acceptors (Lipinski definition) is 4. The van der Waals surface area contributed by atoms with E-state index in [9.17, 15) is 9.90 Å². The van der Waals surface area contributed by atoms with Gasteiger partial charge in [-0.05, 0) is 32.9 Å². The van der Waals surface area contributed by atoms with Gasteiger partial charge >= 0.3 is 0 Å². The zero-order valence-electron chi connectivity index (χ0n) is 12.1. The third kappa shape index (κ3) is 3.11. The van der Waals surface area contributed by atoms with Crippen LogP contribution in [-0.2, 0) is 4.79 Å². The minimum absolute atomic E-state index is 0.280. The predicted molar refractivity (Wildman–Crippen MR) is 76.4 cm³/mol. The fourth-order valence-electron chi connectivity index (χ4n) is 2.21. The van der Waals surface area contributed by atoms with Crippen molar-refractivity contribution in [3.8, 4) is 5.75 Å². The molecular weight excluding hydrogens is 256 g/mol. The van der Waals surface area contributed by atoms with E-state index in [-0.39, 0.29) is 5.91 Å². The van der Waals surface area contributed by atoms with E-state index in [2.05, 4.69) is 5.32 Å². The van der Waals surface area contributed by atoms with Gasteiger partial charge in [0.05, 0.1) is 18.2 Å². The van der Waals surface area contributed by atoms with E-state index in [0.29, 0.717) is 24.3 Å². The quantitative estimate of drug-likeness (QED) is 0.754. The van der Waals surface area contributed by atoms with Gasteiger partial charge in [-0.15, -0.1) is 0 Å². The van der Waals surface area contributed by atoms with Gasteiger partial charge in [0, 0.05) is 12.0 Å². The first kappa shape index (κ1) is 14.8. The highest BCUT2D eigenvalue weighted by Gasteiger charge is 2.31. The normalized spacial score (nSPS) is 22.4. The summed E-state index contributed by atoms with van der Waals surface area (Å²) < 4.78 is 5.63. The lowest BCUT2D eigenvalue weighted by molar-refractivity contribution is -0.126. The highest BCUT2D eigenvalue weighted by molar-refractivity contribution is 5.85. The van der Waals surface area contributed by atoms with Gasteiger partial charge in [0.1, 0.15) is 11.9 Å². The summed E-state index contributed by atoms with van der Waals surface area (Å²) in [5.41, 5.74) is 6.55. The molecule has 1 aliphatic heterocycles. The molecule has 2 atom stereocenters. The Hall–Kier alpha value is -1.59. The van der Waals surface area contributed by atoms with Crippen LogP contribution >= 0.6 is 0 Å². The summed E-state index contributed by atoms with van der Waals surface area (Å²) in [4.78, 5) is 12.0. The average molecular weight is 278 g/mol. The number of carbonyl (C=O) groups excluding carboxylic acids is 1. The number of rotatable bonds is 2. The Morgan fingerprint density at radius 2 is 2.20 bits per heavy atom. The van der Waals surface area contributed by atoms with Crippen molar-refractivity contribution >= 4 is 5.91 Å². The van der Waals surface area contributed by atoms with Crippen LogP contribution in [-0.4, -0.2) is 29.2 Å². The van der Waals surface area contributed by atoms with E-state index in [1.165, 1.54) is 0 Å². The third-order valence-electron chi connectivity index (χ3n) is 3.45. The van der Waals surface area contributed by atoms with Crippen LogP contribution in [0.2, 0.25) is 0 Å². The van der Waals surface area contributed by atoms with E-state index in [4.69, 9.17) is 10.5 Å². The molecule has 0 aliphatic carbocycles. The van der Waals surface area contributed by atoms with Crippen LogP contribution in [0.5, 0.6) is 5.75 Å². The smallest absolute Gasteiger partial charge is 0.239 e. The van der Waals surface area contributed by atoms with Crippen molar-refractivity contribution in [3.05, 3.63) is 29.3 Å². The third-order valence-corrected chi connectivity index (χ3v) is 3.45. The minimum Gasteiger partial charge on any atom is -0.493 e. The van der Waals surface area contributed by atoms with Crippen molar-refractivity contribution in [1.29, 1.82) is 0 Å². The molecule has 1 aromatic carbocycles. The van der Waals surface area contributed by atoms with Gasteiger partial charge in [-0.3, -0.25) is 4.79 Å².